The minimum atomic E-state index is -1.18. The lowest BCUT2D eigenvalue weighted by atomic mass is 10.1. The van der Waals surface area contributed by atoms with Crippen LogP contribution >= 0.6 is 15.9 Å². The standard InChI is InChI=1S/C9H7BrF2O2/c1-14-9(13)6-2-5(4-10)3-7(11)8(6)12/h2-3H,4H2,1H3. The second-order valence-electron chi connectivity index (χ2n) is 2.56. The van der Waals surface area contributed by atoms with Gasteiger partial charge in [0.05, 0.1) is 12.7 Å². The van der Waals surface area contributed by atoms with E-state index in [4.69, 9.17) is 0 Å². The fraction of sp³-hybridized carbons (Fsp3) is 0.222. The fourth-order valence-electron chi connectivity index (χ4n) is 0.981. The number of ether oxygens (including phenoxy) is 1. The molecule has 0 fully saturated rings. The Morgan fingerprint density at radius 1 is 1.50 bits per heavy atom. The van der Waals surface area contributed by atoms with Crippen molar-refractivity contribution in [2.75, 3.05) is 7.11 Å². The third-order valence-electron chi connectivity index (χ3n) is 1.65. The van der Waals surface area contributed by atoms with Crippen LogP contribution in [0.2, 0.25) is 0 Å². The summed E-state index contributed by atoms with van der Waals surface area (Å²) in [7, 11) is 1.11. The van der Waals surface area contributed by atoms with Crippen LogP contribution < -0.4 is 0 Å². The number of hydrogen-bond acceptors (Lipinski definition) is 2. The number of benzene rings is 1. The van der Waals surface area contributed by atoms with E-state index in [1.807, 2.05) is 0 Å². The van der Waals surface area contributed by atoms with Gasteiger partial charge in [0.1, 0.15) is 0 Å². The fourth-order valence-corrected chi connectivity index (χ4v) is 1.30. The van der Waals surface area contributed by atoms with Crippen molar-refractivity contribution in [3.05, 3.63) is 34.9 Å². The van der Waals surface area contributed by atoms with Crippen LogP contribution in [0.5, 0.6) is 0 Å². The van der Waals surface area contributed by atoms with Gasteiger partial charge in [-0.15, -0.1) is 0 Å². The molecule has 0 saturated carbocycles. The quantitative estimate of drug-likeness (QED) is 0.607. The molecule has 0 N–H and O–H groups in total. The van der Waals surface area contributed by atoms with Gasteiger partial charge in [0, 0.05) is 5.33 Å². The number of esters is 1. The van der Waals surface area contributed by atoms with Crippen LogP contribution in [0.25, 0.3) is 0 Å². The molecule has 0 heterocycles. The van der Waals surface area contributed by atoms with Gasteiger partial charge in [-0.1, -0.05) is 15.9 Å². The van der Waals surface area contributed by atoms with Crippen LogP contribution in [-0.2, 0) is 10.1 Å². The maximum absolute atomic E-state index is 13.1. The third kappa shape index (κ3) is 2.09. The van der Waals surface area contributed by atoms with E-state index in [2.05, 4.69) is 20.7 Å². The molecule has 0 saturated heterocycles. The number of hydrogen-bond donors (Lipinski definition) is 0. The topological polar surface area (TPSA) is 26.3 Å². The van der Waals surface area contributed by atoms with E-state index in [9.17, 15) is 13.6 Å². The van der Waals surface area contributed by atoms with Gasteiger partial charge in [-0.3, -0.25) is 0 Å². The van der Waals surface area contributed by atoms with Crippen LogP contribution in [0.15, 0.2) is 12.1 Å². The number of rotatable bonds is 2. The van der Waals surface area contributed by atoms with Gasteiger partial charge in [-0.05, 0) is 17.7 Å². The molecule has 0 atom stereocenters. The van der Waals surface area contributed by atoms with E-state index in [0.717, 1.165) is 13.2 Å². The number of carbonyl (C=O) groups is 1. The highest BCUT2D eigenvalue weighted by Gasteiger charge is 2.17. The summed E-state index contributed by atoms with van der Waals surface area (Å²) in [6.45, 7) is 0. The summed E-state index contributed by atoms with van der Waals surface area (Å²) in [6.07, 6.45) is 0. The van der Waals surface area contributed by atoms with Crippen molar-refractivity contribution in [1.29, 1.82) is 0 Å². The summed E-state index contributed by atoms with van der Waals surface area (Å²) in [4.78, 5) is 11.0. The van der Waals surface area contributed by atoms with Gasteiger partial charge in [0.15, 0.2) is 11.6 Å². The molecule has 0 bridgehead atoms. The van der Waals surface area contributed by atoms with Crippen LogP contribution in [0.3, 0.4) is 0 Å². The molecular weight excluding hydrogens is 258 g/mol. The molecule has 0 aromatic heterocycles. The highest BCUT2D eigenvalue weighted by Crippen LogP contribution is 2.17. The second kappa shape index (κ2) is 4.50. The Labute approximate surface area is 88.0 Å². The predicted octanol–water partition coefficient (Wildman–Crippen LogP) is 2.65. The van der Waals surface area contributed by atoms with Crippen molar-refractivity contribution in [1.82, 2.24) is 0 Å². The first-order chi connectivity index (χ1) is 6.60. The van der Waals surface area contributed by atoms with Crippen molar-refractivity contribution in [3.63, 3.8) is 0 Å². The molecule has 0 radical (unpaired) electrons. The van der Waals surface area contributed by atoms with Gasteiger partial charge in [0.2, 0.25) is 0 Å². The van der Waals surface area contributed by atoms with E-state index in [-0.39, 0.29) is 5.56 Å². The molecule has 2 nitrogen and oxygen atoms in total. The first-order valence-corrected chi connectivity index (χ1v) is 4.84. The summed E-state index contributed by atoms with van der Waals surface area (Å²) < 4.78 is 30.3. The van der Waals surface area contributed by atoms with E-state index < -0.39 is 17.6 Å². The molecule has 76 valence electrons. The smallest absolute Gasteiger partial charge is 0.340 e. The number of halogens is 3. The van der Waals surface area contributed by atoms with Gasteiger partial charge in [-0.2, -0.15) is 0 Å². The normalized spacial score (nSPS) is 10.0. The van der Waals surface area contributed by atoms with E-state index in [0.29, 0.717) is 10.9 Å². The van der Waals surface area contributed by atoms with Crippen molar-refractivity contribution in [2.24, 2.45) is 0 Å². The molecule has 0 aliphatic heterocycles. The third-order valence-corrected chi connectivity index (χ3v) is 2.30. The lowest BCUT2D eigenvalue weighted by molar-refractivity contribution is 0.0594. The maximum atomic E-state index is 13.1. The average Bonchev–Trinajstić information content (AvgIpc) is 2.20. The van der Waals surface area contributed by atoms with E-state index in [1.165, 1.54) is 6.07 Å². The average molecular weight is 265 g/mol. The van der Waals surface area contributed by atoms with Crippen molar-refractivity contribution in [2.45, 2.75) is 5.33 Å². The zero-order valence-electron chi connectivity index (χ0n) is 7.31. The van der Waals surface area contributed by atoms with Crippen molar-refractivity contribution < 1.29 is 18.3 Å². The van der Waals surface area contributed by atoms with Gasteiger partial charge in [0.25, 0.3) is 0 Å². The molecule has 0 amide bonds. The van der Waals surface area contributed by atoms with E-state index >= 15 is 0 Å². The molecule has 14 heavy (non-hydrogen) atoms. The molecule has 0 spiro atoms. The molecule has 0 unspecified atom stereocenters. The summed E-state index contributed by atoms with van der Waals surface area (Å²) in [5.74, 6) is -3.12. The first-order valence-electron chi connectivity index (χ1n) is 3.72. The lowest BCUT2D eigenvalue weighted by Crippen LogP contribution is -2.07. The SMILES string of the molecule is COC(=O)c1cc(CBr)cc(F)c1F. The Morgan fingerprint density at radius 3 is 2.64 bits per heavy atom. The Kier molecular flexibility index (Phi) is 3.57. The number of carbonyl (C=O) groups excluding carboxylic acids is 1. The lowest BCUT2D eigenvalue weighted by Gasteiger charge is -2.04. The summed E-state index contributed by atoms with van der Waals surface area (Å²) in [6, 6.07) is 2.27. The Balaban J connectivity index is 3.27. The molecule has 1 aromatic carbocycles. The second-order valence-corrected chi connectivity index (χ2v) is 3.13. The van der Waals surface area contributed by atoms with Crippen molar-refractivity contribution >= 4 is 21.9 Å². The zero-order valence-corrected chi connectivity index (χ0v) is 8.90. The number of alkyl halides is 1. The van der Waals surface area contributed by atoms with Crippen LogP contribution in [0.4, 0.5) is 8.78 Å². The van der Waals surface area contributed by atoms with Crippen LogP contribution in [-0.4, -0.2) is 13.1 Å². The molecular formula is C9H7BrF2O2. The summed E-state index contributed by atoms with van der Waals surface area (Å²) >= 11 is 3.08. The molecule has 1 rings (SSSR count). The van der Waals surface area contributed by atoms with Gasteiger partial charge >= 0.3 is 5.97 Å². The highest BCUT2D eigenvalue weighted by molar-refractivity contribution is 9.08. The Bertz CT molecular complexity index is 366. The molecule has 1 aromatic rings. The van der Waals surface area contributed by atoms with Gasteiger partial charge < -0.3 is 4.74 Å². The van der Waals surface area contributed by atoms with E-state index in [1.54, 1.807) is 0 Å². The van der Waals surface area contributed by atoms with Gasteiger partial charge in [-0.25, -0.2) is 13.6 Å². The number of methoxy groups -OCH3 is 1. The minimum Gasteiger partial charge on any atom is -0.465 e. The maximum Gasteiger partial charge on any atom is 0.340 e. The Morgan fingerprint density at radius 2 is 2.14 bits per heavy atom. The molecule has 0 aliphatic carbocycles. The predicted molar refractivity (Wildman–Crippen MR) is 50.3 cm³/mol. The molecule has 5 heteroatoms. The minimum absolute atomic E-state index is 0.341. The summed E-state index contributed by atoms with van der Waals surface area (Å²) in [5, 5.41) is 0.341. The Hall–Kier alpha value is -0.970. The molecule has 0 aliphatic rings. The first kappa shape index (κ1) is 11.1. The van der Waals surface area contributed by atoms with Crippen LogP contribution in [0, 0.1) is 11.6 Å². The highest BCUT2D eigenvalue weighted by atomic mass is 79.9. The zero-order chi connectivity index (χ0) is 10.7. The van der Waals surface area contributed by atoms with Crippen molar-refractivity contribution in [3.8, 4) is 0 Å². The summed E-state index contributed by atoms with van der Waals surface area (Å²) in [5.41, 5.74) is 0.0891. The van der Waals surface area contributed by atoms with Crippen LogP contribution in [0.1, 0.15) is 15.9 Å². The monoisotopic (exact) mass is 264 g/mol. The largest absolute Gasteiger partial charge is 0.465 e.